The van der Waals surface area contributed by atoms with Gasteiger partial charge in [0.05, 0.1) is 29.5 Å². The van der Waals surface area contributed by atoms with Gasteiger partial charge in [0.25, 0.3) is 0 Å². The largest absolute Gasteiger partial charge is 0.458 e. The normalized spacial score (nSPS) is 49.5. The smallest absolute Gasteiger partial charge is 0.332 e. The lowest BCUT2D eigenvalue weighted by molar-refractivity contribution is -0.284. The van der Waals surface area contributed by atoms with E-state index in [9.17, 15) is 24.9 Å². The van der Waals surface area contributed by atoms with Crippen LogP contribution in [0.5, 0.6) is 0 Å². The SMILES string of the molecule is CO[C@@H]1C[C@H](O[C@@H]2CC[C@]3(/C=N/NC(N)=O)[C@H]4CC[C@]5(C)[C@H](C6=CC(=O)OC6)CC[C@]5(O)[C@@H]4CC[C@]3(O)C2)O[C@H](C)[C@H]1O. The van der Waals surface area contributed by atoms with Crippen molar-refractivity contribution >= 4 is 18.2 Å². The highest BCUT2D eigenvalue weighted by molar-refractivity contribution is 5.85. The Balaban J connectivity index is 1.27. The van der Waals surface area contributed by atoms with Gasteiger partial charge in [-0.3, -0.25) is 0 Å². The molecule has 0 spiro atoms. The molecule has 0 unspecified atom stereocenters. The van der Waals surface area contributed by atoms with Gasteiger partial charge in [-0.2, -0.15) is 5.10 Å². The summed E-state index contributed by atoms with van der Waals surface area (Å²) in [4.78, 5) is 23.5. The van der Waals surface area contributed by atoms with Gasteiger partial charge >= 0.3 is 12.0 Å². The topological polar surface area (TPSA) is 182 Å². The summed E-state index contributed by atoms with van der Waals surface area (Å²) in [6.07, 6.45) is 6.66. The number of aliphatic hydroxyl groups is 3. The number of nitrogens with two attached hydrogens (primary N) is 1. The van der Waals surface area contributed by atoms with E-state index in [0.717, 1.165) is 24.8 Å². The Bertz CT molecular complexity index is 1180. The third kappa shape index (κ3) is 4.84. The van der Waals surface area contributed by atoms with Gasteiger partial charge in [0, 0.05) is 43.1 Å². The Hall–Kier alpha value is -2.09. The summed E-state index contributed by atoms with van der Waals surface area (Å²) in [5.41, 5.74) is 5.22. The number of nitrogens with zero attached hydrogens (tertiary/aromatic N) is 1. The highest BCUT2D eigenvalue weighted by atomic mass is 16.7. The number of fused-ring (bicyclic) bond motifs is 5. The van der Waals surface area contributed by atoms with Crippen LogP contribution < -0.4 is 11.2 Å². The molecule has 12 atom stereocenters. The monoisotopic (exact) mass is 605 g/mol. The number of methoxy groups -OCH3 is 1. The molecule has 12 nitrogen and oxygen atoms in total. The van der Waals surface area contributed by atoms with Crippen LogP contribution in [0.1, 0.15) is 78.1 Å². The quantitative estimate of drug-likeness (QED) is 0.131. The number of cyclic esters (lactones) is 1. The van der Waals surface area contributed by atoms with Crippen LogP contribution in [-0.2, 0) is 23.7 Å². The Morgan fingerprint density at radius 2 is 1.93 bits per heavy atom. The molecule has 2 aliphatic heterocycles. The second-order valence-corrected chi connectivity index (χ2v) is 14.1. The molecule has 6 aliphatic rings. The first-order chi connectivity index (χ1) is 20.4. The average Bonchev–Trinajstić information content (AvgIpc) is 3.50. The number of nitrogens with one attached hydrogen (secondary N) is 1. The number of hydrogen-bond acceptors (Lipinski definition) is 10. The zero-order chi connectivity index (χ0) is 30.8. The van der Waals surface area contributed by atoms with Crippen molar-refractivity contribution in [3.8, 4) is 0 Å². The molecular weight excluding hydrogens is 558 g/mol. The van der Waals surface area contributed by atoms with Crippen molar-refractivity contribution in [2.24, 2.45) is 39.4 Å². The Morgan fingerprint density at radius 1 is 1.16 bits per heavy atom. The van der Waals surface area contributed by atoms with Gasteiger partial charge in [-0.1, -0.05) is 6.92 Å². The minimum atomic E-state index is -1.20. The minimum Gasteiger partial charge on any atom is -0.458 e. The van der Waals surface area contributed by atoms with Gasteiger partial charge < -0.3 is 40.0 Å². The summed E-state index contributed by atoms with van der Waals surface area (Å²) < 4.78 is 23.1. The van der Waals surface area contributed by atoms with Crippen LogP contribution in [0, 0.1) is 28.6 Å². The van der Waals surface area contributed by atoms with E-state index in [-0.39, 0.29) is 36.4 Å². The number of primary amides is 1. The van der Waals surface area contributed by atoms with Crippen LogP contribution in [0.15, 0.2) is 16.8 Å². The van der Waals surface area contributed by atoms with Gasteiger partial charge in [0.15, 0.2) is 6.29 Å². The molecule has 6 rings (SSSR count). The third-order valence-corrected chi connectivity index (χ3v) is 12.4. The summed E-state index contributed by atoms with van der Waals surface area (Å²) in [6, 6.07) is -0.783. The number of rotatable bonds is 6. The number of urea groups is 1. The van der Waals surface area contributed by atoms with Crippen molar-refractivity contribution in [1.29, 1.82) is 0 Å². The van der Waals surface area contributed by atoms with Crippen LogP contribution in [0.3, 0.4) is 0 Å². The standard InChI is InChI=1S/C31H47N3O9/c1-17-26(36)23(40-3)13-25(42-17)43-19-4-9-29(16-33-34-27(32)37)21-5-8-28(2)20(18-12-24(35)41-15-18)7-11-31(28,39)22(21)6-10-30(29,38)14-19/h12,16-17,19-23,25-26,36,38-39H,4-11,13-15H2,1-3H3,(H3,32,34,37)/b33-16+/t17-,19-,20+,21+,22-,23-,25+,26-,28-,29+,30+,31+/m1/s1. The number of ether oxygens (including phenoxy) is 4. The molecule has 5 fully saturated rings. The van der Waals surface area contributed by atoms with Crippen molar-refractivity contribution in [2.75, 3.05) is 13.7 Å². The average molecular weight is 606 g/mol. The highest BCUT2D eigenvalue weighted by Crippen LogP contribution is 2.70. The molecule has 240 valence electrons. The van der Waals surface area contributed by atoms with E-state index in [1.165, 1.54) is 0 Å². The summed E-state index contributed by atoms with van der Waals surface area (Å²) >= 11 is 0. The van der Waals surface area contributed by atoms with Crippen LogP contribution in [-0.4, -0.2) is 89.2 Å². The summed E-state index contributed by atoms with van der Waals surface area (Å²) in [5, 5.41) is 39.7. The first-order valence-electron chi connectivity index (χ1n) is 15.8. The molecule has 0 aromatic heterocycles. The molecule has 0 aromatic carbocycles. The lowest BCUT2D eigenvalue weighted by atomic mass is 9.41. The van der Waals surface area contributed by atoms with Gasteiger partial charge in [-0.25, -0.2) is 15.0 Å². The molecule has 2 heterocycles. The van der Waals surface area contributed by atoms with E-state index in [2.05, 4.69) is 17.5 Å². The molecule has 2 amide bonds. The maximum absolute atomic E-state index is 12.6. The molecular formula is C31H47N3O9. The second kappa shape index (κ2) is 11.1. The molecule has 0 aromatic rings. The summed E-state index contributed by atoms with van der Waals surface area (Å²) in [6.45, 7) is 4.23. The lowest BCUT2D eigenvalue weighted by Gasteiger charge is -2.66. The Labute approximate surface area is 252 Å². The molecule has 0 radical (unpaired) electrons. The predicted molar refractivity (Wildman–Crippen MR) is 153 cm³/mol. The molecule has 1 saturated heterocycles. The van der Waals surface area contributed by atoms with E-state index in [0.29, 0.717) is 44.9 Å². The van der Waals surface area contributed by atoms with Gasteiger partial charge in [-0.15, -0.1) is 0 Å². The molecule has 12 heteroatoms. The van der Waals surface area contributed by atoms with Crippen molar-refractivity contribution in [2.45, 2.75) is 120 Å². The number of hydrazone groups is 1. The first-order valence-corrected chi connectivity index (χ1v) is 15.8. The van der Waals surface area contributed by atoms with Crippen LogP contribution >= 0.6 is 0 Å². The van der Waals surface area contributed by atoms with Crippen molar-refractivity contribution in [3.05, 3.63) is 11.6 Å². The Kier molecular flexibility index (Phi) is 7.95. The van der Waals surface area contributed by atoms with Gasteiger partial charge in [-0.05, 0) is 81.6 Å². The van der Waals surface area contributed by atoms with Crippen molar-refractivity contribution in [1.82, 2.24) is 5.43 Å². The molecule has 6 N–H and O–H groups in total. The second-order valence-electron chi connectivity index (χ2n) is 14.1. The number of amides is 2. The molecule has 4 saturated carbocycles. The fourth-order valence-electron chi connectivity index (χ4n) is 10.2. The fourth-order valence-corrected chi connectivity index (χ4v) is 10.2. The van der Waals surface area contributed by atoms with E-state index in [1.54, 1.807) is 26.3 Å². The highest BCUT2D eigenvalue weighted by Gasteiger charge is 2.71. The minimum absolute atomic E-state index is 0.0586. The number of hydrogen-bond donors (Lipinski definition) is 5. The molecule has 43 heavy (non-hydrogen) atoms. The van der Waals surface area contributed by atoms with E-state index < -0.39 is 52.7 Å². The number of carbonyl (C=O) groups excluding carboxylic acids is 2. The van der Waals surface area contributed by atoms with Gasteiger partial charge in [0.1, 0.15) is 12.7 Å². The maximum atomic E-state index is 12.6. The molecule has 0 bridgehead atoms. The predicted octanol–water partition coefficient (Wildman–Crippen LogP) is 1.89. The first kappa shape index (κ1) is 30.9. The third-order valence-electron chi connectivity index (χ3n) is 12.4. The van der Waals surface area contributed by atoms with E-state index >= 15 is 0 Å². The van der Waals surface area contributed by atoms with Crippen LogP contribution in [0.2, 0.25) is 0 Å². The van der Waals surface area contributed by atoms with Crippen molar-refractivity contribution < 1.29 is 43.9 Å². The summed E-state index contributed by atoms with van der Waals surface area (Å²) in [5.74, 6) is -0.442. The Morgan fingerprint density at radius 3 is 2.63 bits per heavy atom. The van der Waals surface area contributed by atoms with Crippen LogP contribution in [0.25, 0.3) is 0 Å². The molecule has 4 aliphatic carbocycles. The lowest BCUT2D eigenvalue weighted by Crippen LogP contribution is -2.69. The number of carbonyl (C=O) groups is 2. The van der Waals surface area contributed by atoms with Crippen LogP contribution in [0.4, 0.5) is 4.79 Å². The van der Waals surface area contributed by atoms with Crippen molar-refractivity contribution in [3.63, 3.8) is 0 Å². The zero-order valence-electron chi connectivity index (χ0n) is 25.4. The van der Waals surface area contributed by atoms with Gasteiger partial charge in [0.2, 0.25) is 0 Å². The van der Waals surface area contributed by atoms with E-state index in [1.807, 2.05) is 0 Å². The zero-order valence-corrected chi connectivity index (χ0v) is 25.4. The number of esters is 1. The number of aliphatic hydroxyl groups excluding tert-OH is 1. The summed E-state index contributed by atoms with van der Waals surface area (Å²) in [7, 11) is 1.56. The maximum Gasteiger partial charge on any atom is 0.332 e. The van der Waals surface area contributed by atoms with E-state index in [4.69, 9.17) is 24.7 Å². The fraction of sp³-hybridized carbons (Fsp3) is 0.839.